The van der Waals surface area contributed by atoms with Crippen LogP contribution in [0.4, 0.5) is 32.2 Å². The van der Waals surface area contributed by atoms with E-state index in [1.54, 1.807) is 34.2 Å². The molecule has 0 unspecified atom stereocenters. The number of hydrogen-bond donors (Lipinski definition) is 1. The number of likely N-dealkylation sites (tertiary alicyclic amines) is 1. The van der Waals surface area contributed by atoms with E-state index < -0.39 is 29.2 Å². The van der Waals surface area contributed by atoms with Gasteiger partial charge in [0.25, 0.3) is 5.92 Å². The van der Waals surface area contributed by atoms with Crippen molar-refractivity contribution in [3.63, 3.8) is 0 Å². The molecule has 0 bridgehead atoms. The van der Waals surface area contributed by atoms with Gasteiger partial charge in [0.15, 0.2) is 11.6 Å². The van der Waals surface area contributed by atoms with Crippen LogP contribution in [-0.4, -0.2) is 67.4 Å². The Hall–Kier alpha value is -4.27. The quantitative estimate of drug-likeness (QED) is 0.244. The third-order valence-electron chi connectivity index (χ3n) is 7.93. The van der Waals surface area contributed by atoms with Crippen LogP contribution in [0.5, 0.6) is 0 Å². The summed E-state index contributed by atoms with van der Waals surface area (Å²) in [5.41, 5.74) is -0.0864. The maximum absolute atomic E-state index is 14.9. The summed E-state index contributed by atoms with van der Waals surface area (Å²) in [7, 11) is 0. The second kappa shape index (κ2) is 11.3. The van der Waals surface area contributed by atoms with E-state index in [1.807, 2.05) is 6.20 Å². The maximum atomic E-state index is 14.9. The third kappa shape index (κ3) is 6.47. The zero-order valence-electron chi connectivity index (χ0n) is 23.3. The second-order valence-corrected chi connectivity index (χ2v) is 11.2. The van der Waals surface area contributed by atoms with Crippen LogP contribution >= 0.6 is 0 Å². The standard InChI is InChI=1S/C29H27F6N7O2/c30-22-10-19(1-2-20(22)11-26(43)39-25-12-23(44-40-25)27(3-4-27)29(33,34)35)21-14-36-24(37-15-21)9-18-13-38-42(16-18)8-7-41-6-5-28(31,32)17-41/h1-2,10,12-16H,3-9,11,17H2,(H,39,40,43). The molecular weight excluding hydrogens is 592 g/mol. The highest BCUT2D eigenvalue weighted by atomic mass is 19.4. The average molecular weight is 620 g/mol. The van der Waals surface area contributed by atoms with Crippen LogP contribution < -0.4 is 5.32 Å². The Morgan fingerprint density at radius 3 is 2.45 bits per heavy atom. The van der Waals surface area contributed by atoms with Gasteiger partial charge in [0.1, 0.15) is 17.1 Å². The van der Waals surface area contributed by atoms with Gasteiger partial charge >= 0.3 is 6.18 Å². The van der Waals surface area contributed by atoms with E-state index in [0.717, 1.165) is 11.6 Å². The van der Waals surface area contributed by atoms with Crippen molar-refractivity contribution in [2.24, 2.45) is 0 Å². The summed E-state index contributed by atoms with van der Waals surface area (Å²) in [6.45, 7) is 1.11. The predicted octanol–water partition coefficient (Wildman–Crippen LogP) is 5.17. The van der Waals surface area contributed by atoms with Gasteiger partial charge in [0.05, 0.1) is 25.7 Å². The SMILES string of the molecule is O=C(Cc1ccc(-c2cnc(Cc3cnn(CCN4CCC(F)(F)C4)c3)nc2)cc1F)Nc1cc(C2(C(F)(F)F)CC2)on1. The van der Waals surface area contributed by atoms with Crippen molar-refractivity contribution < 1.29 is 35.7 Å². The lowest BCUT2D eigenvalue weighted by Crippen LogP contribution is -2.28. The van der Waals surface area contributed by atoms with Crippen LogP contribution in [0.1, 0.15) is 42.0 Å². The number of nitrogens with zero attached hydrogens (tertiary/aromatic N) is 6. The van der Waals surface area contributed by atoms with Gasteiger partial charge in [-0.3, -0.25) is 14.4 Å². The van der Waals surface area contributed by atoms with E-state index in [2.05, 4.69) is 25.5 Å². The molecule has 9 nitrogen and oxygen atoms in total. The van der Waals surface area contributed by atoms with Gasteiger partial charge in [0, 0.05) is 56.2 Å². The second-order valence-electron chi connectivity index (χ2n) is 11.2. The van der Waals surface area contributed by atoms with E-state index >= 15 is 0 Å². The molecule has 4 aromatic rings. The molecular formula is C29H27F6N7O2. The van der Waals surface area contributed by atoms with Gasteiger partial charge in [-0.2, -0.15) is 18.3 Å². The molecule has 1 N–H and O–H groups in total. The van der Waals surface area contributed by atoms with Crippen molar-refractivity contribution in [3.8, 4) is 11.1 Å². The number of anilines is 1. The van der Waals surface area contributed by atoms with Crippen LogP contribution in [0.25, 0.3) is 11.1 Å². The summed E-state index contributed by atoms with van der Waals surface area (Å²) in [5, 5.41) is 10.2. The van der Waals surface area contributed by atoms with Crippen LogP contribution in [-0.2, 0) is 29.6 Å². The monoisotopic (exact) mass is 619 g/mol. The smallest absolute Gasteiger partial charge is 0.358 e. The van der Waals surface area contributed by atoms with Gasteiger partial charge in [-0.15, -0.1) is 0 Å². The molecule has 1 aromatic carbocycles. The summed E-state index contributed by atoms with van der Waals surface area (Å²) in [6, 6.07) is 5.34. The maximum Gasteiger partial charge on any atom is 0.401 e. The Morgan fingerprint density at radius 1 is 1.02 bits per heavy atom. The minimum atomic E-state index is -4.48. The van der Waals surface area contributed by atoms with Crippen LogP contribution in [0.3, 0.4) is 0 Å². The zero-order chi connectivity index (χ0) is 31.1. The lowest BCUT2D eigenvalue weighted by molar-refractivity contribution is -0.165. The number of carbonyl (C=O) groups excluding carboxylic acids is 1. The number of amides is 1. The molecule has 1 amide bonds. The topological polar surface area (TPSA) is 102 Å². The normalized spacial score (nSPS) is 17.6. The van der Waals surface area contributed by atoms with Crippen LogP contribution in [0.2, 0.25) is 0 Å². The molecule has 1 saturated heterocycles. The zero-order valence-corrected chi connectivity index (χ0v) is 23.3. The molecule has 4 heterocycles. The summed E-state index contributed by atoms with van der Waals surface area (Å²) in [4.78, 5) is 22.9. The van der Waals surface area contributed by atoms with Crippen molar-refractivity contribution in [1.29, 1.82) is 0 Å². The van der Waals surface area contributed by atoms with E-state index in [0.29, 0.717) is 43.0 Å². The van der Waals surface area contributed by atoms with E-state index in [4.69, 9.17) is 4.52 Å². The Balaban J connectivity index is 1.01. The number of nitrogens with one attached hydrogen (secondary N) is 1. The van der Waals surface area contributed by atoms with Crippen molar-refractivity contribution in [2.75, 3.05) is 25.0 Å². The van der Waals surface area contributed by atoms with E-state index in [1.165, 1.54) is 12.1 Å². The fourth-order valence-corrected chi connectivity index (χ4v) is 5.22. The molecule has 2 aliphatic rings. The van der Waals surface area contributed by atoms with Gasteiger partial charge in [0.2, 0.25) is 5.91 Å². The van der Waals surface area contributed by atoms with Gasteiger partial charge < -0.3 is 9.84 Å². The average Bonchev–Trinajstić information content (AvgIpc) is 3.26. The number of carbonyl (C=O) groups is 1. The van der Waals surface area contributed by atoms with Crippen LogP contribution in [0, 0.1) is 5.82 Å². The fourth-order valence-electron chi connectivity index (χ4n) is 5.22. The first kappa shape index (κ1) is 29.8. The Bertz CT molecular complexity index is 1650. The first-order chi connectivity index (χ1) is 20.9. The van der Waals surface area contributed by atoms with Crippen molar-refractivity contribution in [3.05, 3.63) is 77.6 Å². The molecule has 0 radical (unpaired) electrons. The molecule has 6 rings (SSSR count). The molecule has 0 atom stereocenters. The minimum absolute atomic E-state index is 0.0805. The molecule has 2 fully saturated rings. The lowest BCUT2D eigenvalue weighted by atomic mass is 10.0. The summed E-state index contributed by atoms with van der Waals surface area (Å²) >= 11 is 0. The number of rotatable bonds is 10. The molecule has 1 aliphatic carbocycles. The number of hydrogen-bond acceptors (Lipinski definition) is 7. The fraction of sp³-hybridized carbons (Fsp3) is 0.414. The largest absolute Gasteiger partial charge is 0.401 e. The Kier molecular flexibility index (Phi) is 7.68. The molecule has 1 aliphatic heterocycles. The van der Waals surface area contributed by atoms with Crippen molar-refractivity contribution in [2.45, 2.75) is 56.2 Å². The number of aromatic nitrogens is 5. The van der Waals surface area contributed by atoms with Gasteiger partial charge in [-0.05, 0) is 35.6 Å². The molecule has 3 aromatic heterocycles. The van der Waals surface area contributed by atoms with Gasteiger partial charge in [-0.25, -0.2) is 23.1 Å². The predicted molar refractivity (Wildman–Crippen MR) is 144 cm³/mol. The molecule has 44 heavy (non-hydrogen) atoms. The van der Waals surface area contributed by atoms with Crippen molar-refractivity contribution in [1.82, 2.24) is 29.8 Å². The number of benzene rings is 1. The van der Waals surface area contributed by atoms with Crippen molar-refractivity contribution >= 4 is 11.7 Å². The highest BCUT2D eigenvalue weighted by Crippen LogP contribution is 2.59. The highest BCUT2D eigenvalue weighted by molar-refractivity contribution is 5.91. The van der Waals surface area contributed by atoms with E-state index in [-0.39, 0.29) is 49.4 Å². The number of halogens is 6. The molecule has 232 valence electrons. The summed E-state index contributed by atoms with van der Waals surface area (Å²) < 4.78 is 88.0. The first-order valence-electron chi connectivity index (χ1n) is 13.9. The minimum Gasteiger partial charge on any atom is -0.358 e. The molecule has 15 heteroatoms. The third-order valence-corrected chi connectivity index (χ3v) is 7.93. The highest BCUT2D eigenvalue weighted by Gasteiger charge is 2.67. The van der Waals surface area contributed by atoms with Crippen LogP contribution in [0.15, 0.2) is 53.6 Å². The Morgan fingerprint density at radius 2 is 1.80 bits per heavy atom. The molecule has 0 spiro atoms. The van der Waals surface area contributed by atoms with E-state index in [9.17, 15) is 31.1 Å². The summed E-state index contributed by atoms with van der Waals surface area (Å²) in [5.74, 6) is -3.95. The van der Waals surface area contributed by atoms with Gasteiger partial charge in [-0.1, -0.05) is 17.3 Å². The first-order valence-corrected chi connectivity index (χ1v) is 13.9. The molecule has 1 saturated carbocycles. The number of alkyl halides is 5. The summed E-state index contributed by atoms with van der Waals surface area (Å²) in [6.07, 6.45) is 1.82. The Labute approximate surface area is 247 Å². The lowest BCUT2D eigenvalue weighted by Gasteiger charge is -2.15.